The Labute approximate surface area is 346 Å². The lowest BCUT2D eigenvalue weighted by Gasteiger charge is -2.28. The first kappa shape index (κ1) is 53.9. The van der Waals surface area contributed by atoms with Crippen LogP contribution in [0.25, 0.3) is 0 Å². The summed E-state index contributed by atoms with van der Waals surface area (Å²) in [5, 5.41) is 0. The van der Waals surface area contributed by atoms with Gasteiger partial charge in [-0.2, -0.15) is 0 Å². The molecule has 0 aliphatic heterocycles. The first-order valence-electron chi connectivity index (χ1n) is 21.2. The van der Waals surface area contributed by atoms with Gasteiger partial charge in [0.25, 0.3) is 7.82 Å². The van der Waals surface area contributed by atoms with E-state index in [4.69, 9.17) is 18.5 Å². The van der Waals surface area contributed by atoms with E-state index in [1.807, 2.05) is 45.4 Å². The quantitative estimate of drug-likeness (QED) is 0.0114. The monoisotopic (exact) mass is 818 g/mol. The van der Waals surface area contributed by atoms with Gasteiger partial charge in [0, 0.05) is 19.3 Å². The molecule has 0 aromatic heterocycles. The molecule has 0 rings (SSSR count). The molecule has 2 atom stereocenters. The molecule has 0 spiro atoms. The van der Waals surface area contributed by atoms with Crippen molar-refractivity contribution in [2.45, 2.75) is 142 Å². The number of carbonyl (C=O) groups is 3. The average molecular weight is 818 g/mol. The van der Waals surface area contributed by atoms with Crippen molar-refractivity contribution in [1.82, 2.24) is 0 Å². The number of ether oxygens (including phenoxy) is 2. The molecule has 324 valence electrons. The number of hydrogen-bond acceptors (Lipinski definition) is 9. The fourth-order valence-corrected chi connectivity index (χ4v) is 5.75. The molecule has 11 heteroatoms. The molecule has 0 N–H and O–H groups in total. The Morgan fingerprint density at radius 3 is 1.82 bits per heavy atom. The van der Waals surface area contributed by atoms with Gasteiger partial charge in [0.15, 0.2) is 11.9 Å². The van der Waals surface area contributed by atoms with Gasteiger partial charge in [-0.3, -0.25) is 18.9 Å². The number of rotatable bonds is 37. The van der Waals surface area contributed by atoms with E-state index < -0.39 is 32.5 Å². The second kappa shape index (κ2) is 37.2. The second-order valence-electron chi connectivity index (χ2n) is 15.0. The number of nitrogens with zero attached hydrogens (tertiary/aromatic N) is 1. The van der Waals surface area contributed by atoms with Gasteiger partial charge < -0.3 is 27.9 Å². The minimum atomic E-state index is -4.66. The van der Waals surface area contributed by atoms with Gasteiger partial charge in [-0.05, 0) is 76.7 Å². The van der Waals surface area contributed by atoms with Crippen LogP contribution in [0.15, 0.2) is 85.1 Å². The van der Waals surface area contributed by atoms with Crippen LogP contribution in [0.5, 0.6) is 0 Å². The predicted octanol–water partition coefficient (Wildman–Crippen LogP) is 10.6. The fraction of sp³-hybridized carbons (Fsp3) is 0.630. The van der Waals surface area contributed by atoms with Crippen LogP contribution in [0.2, 0.25) is 0 Å². The molecule has 1 unspecified atom stereocenters. The number of esters is 2. The lowest BCUT2D eigenvalue weighted by molar-refractivity contribution is -0.870. The van der Waals surface area contributed by atoms with Crippen molar-refractivity contribution in [3.05, 3.63) is 85.1 Å². The molecule has 0 saturated heterocycles. The van der Waals surface area contributed by atoms with Crippen LogP contribution in [0.3, 0.4) is 0 Å². The highest BCUT2D eigenvalue weighted by Crippen LogP contribution is 2.38. The van der Waals surface area contributed by atoms with Crippen LogP contribution in [-0.4, -0.2) is 75.8 Å². The molecule has 0 bridgehead atoms. The summed E-state index contributed by atoms with van der Waals surface area (Å²) in [6.45, 7) is 3.81. The number of ketones is 1. The summed E-state index contributed by atoms with van der Waals surface area (Å²) in [5.74, 6) is -0.801. The van der Waals surface area contributed by atoms with E-state index in [9.17, 15) is 23.8 Å². The first-order chi connectivity index (χ1) is 27.4. The Morgan fingerprint density at radius 1 is 0.614 bits per heavy atom. The highest BCUT2D eigenvalue weighted by atomic mass is 31.2. The van der Waals surface area contributed by atoms with Crippen LogP contribution >= 0.6 is 7.82 Å². The third-order valence-corrected chi connectivity index (χ3v) is 9.34. The maximum absolute atomic E-state index is 12.6. The summed E-state index contributed by atoms with van der Waals surface area (Å²) in [5.41, 5.74) is 0. The maximum Gasteiger partial charge on any atom is 0.306 e. The van der Waals surface area contributed by atoms with Crippen LogP contribution in [0, 0.1) is 0 Å². The van der Waals surface area contributed by atoms with Crippen LogP contribution < -0.4 is 4.89 Å². The Bertz CT molecular complexity index is 1310. The van der Waals surface area contributed by atoms with Crippen molar-refractivity contribution >= 4 is 25.5 Å². The lowest BCUT2D eigenvalue weighted by atomic mass is 10.1. The third kappa shape index (κ3) is 40.8. The summed E-state index contributed by atoms with van der Waals surface area (Å²) in [6, 6.07) is 0. The van der Waals surface area contributed by atoms with Crippen LogP contribution in [0.4, 0.5) is 0 Å². The molecular weight excluding hydrogens is 741 g/mol. The Morgan fingerprint density at radius 2 is 1.18 bits per heavy atom. The molecule has 0 aromatic carbocycles. The van der Waals surface area contributed by atoms with Crippen molar-refractivity contribution < 1.29 is 46.8 Å². The number of allylic oxidation sites excluding steroid dienone is 14. The highest BCUT2D eigenvalue weighted by Gasteiger charge is 2.21. The number of carbonyl (C=O) groups excluding carboxylic acids is 3. The van der Waals surface area contributed by atoms with E-state index >= 15 is 0 Å². The Hall–Kier alpha value is -3.14. The summed E-state index contributed by atoms with van der Waals surface area (Å²) < 4.78 is 33.7. The molecule has 0 saturated carbocycles. The topological polar surface area (TPSA) is 128 Å². The number of phosphoric ester groups is 1. The van der Waals surface area contributed by atoms with Crippen molar-refractivity contribution in [2.75, 3.05) is 47.5 Å². The van der Waals surface area contributed by atoms with E-state index in [0.29, 0.717) is 36.7 Å². The minimum Gasteiger partial charge on any atom is -0.756 e. The first-order valence-corrected chi connectivity index (χ1v) is 22.7. The number of quaternary nitrogens is 1. The van der Waals surface area contributed by atoms with Gasteiger partial charge in [0.05, 0.1) is 27.7 Å². The molecule has 57 heavy (non-hydrogen) atoms. The number of phosphoric acid groups is 1. The molecule has 0 aliphatic rings. The molecule has 0 heterocycles. The van der Waals surface area contributed by atoms with Gasteiger partial charge in [-0.15, -0.1) is 0 Å². The zero-order chi connectivity index (χ0) is 42.3. The summed E-state index contributed by atoms with van der Waals surface area (Å²) in [6.07, 6.45) is 43.1. The van der Waals surface area contributed by atoms with E-state index in [-0.39, 0.29) is 31.8 Å². The van der Waals surface area contributed by atoms with Crippen molar-refractivity contribution in [3.63, 3.8) is 0 Å². The van der Waals surface area contributed by atoms with Crippen LogP contribution in [0.1, 0.15) is 136 Å². The standard InChI is InChI=1S/C46H76NO9P/c1-6-8-10-11-12-13-14-15-16-17-20-23-26-29-33-37-45(49)53-41-44(42-55-57(51,52)54-40-39-47(3,4)5)56-46(50)38-34-30-27-24-21-18-19-22-25-28-32-36-43(48)35-31-9-7-2/h8,10,12-13,15-16,18-19,24-25,27-28,32,36,44H,6-7,9,11,14,17,20-23,26,29-31,33-35,37-42H2,1-5H3/b10-8-,13-12-,16-15-,19-18-,27-24-,28-25-,36-32+/t44-/m1/s1. The zero-order valence-corrected chi connectivity index (χ0v) is 36.9. The maximum atomic E-state index is 12.6. The molecule has 0 aromatic rings. The molecule has 0 aliphatic carbocycles. The van der Waals surface area contributed by atoms with E-state index in [0.717, 1.165) is 83.5 Å². The van der Waals surface area contributed by atoms with Gasteiger partial charge in [-0.1, -0.05) is 125 Å². The van der Waals surface area contributed by atoms with Crippen molar-refractivity contribution in [1.29, 1.82) is 0 Å². The minimum absolute atomic E-state index is 0.0596. The largest absolute Gasteiger partial charge is 0.756 e. The van der Waals surface area contributed by atoms with E-state index in [2.05, 4.69) is 62.5 Å². The van der Waals surface area contributed by atoms with Gasteiger partial charge in [-0.25, -0.2) is 0 Å². The average Bonchev–Trinajstić information content (AvgIpc) is 3.15. The molecule has 0 amide bonds. The Kier molecular flexibility index (Phi) is 35.1. The molecule has 10 nitrogen and oxygen atoms in total. The SMILES string of the molecule is CC/C=C\C/C=C\C/C=C\CCCCCCCC(=O)OC[C@H](COP(=O)([O-])OCC[N+](C)(C)C)OC(=O)CCC/C=C\C/C=C\C/C=C\C=C\C(=O)CCCCC. The number of likely N-dealkylation sites (N-methyl/N-ethyl adjacent to an activating group) is 1. The van der Waals surface area contributed by atoms with E-state index in [1.54, 1.807) is 12.2 Å². The third-order valence-electron chi connectivity index (χ3n) is 8.38. The summed E-state index contributed by atoms with van der Waals surface area (Å²) in [7, 11) is 1.07. The summed E-state index contributed by atoms with van der Waals surface area (Å²) in [4.78, 5) is 49.2. The molecule has 0 radical (unpaired) electrons. The van der Waals surface area contributed by atoms with E-state index in [1.165, 1.54) is 0 Å². The normalized spacial score (nSPS) is 14.4. The zero-order valence-electron chi connectivity index (χ0n) is 36.0. The fourth-order valence-electron chi connectivity index (χ4n) is 5.03. The smallest absolute Gasteiger partial charge is 0.306 e. The highest BCUT2D eigenvalue weighted by molar-refractivity contribution is 7.45. The number of hydrogen-bond donors (Lipinski definition) is 0. The van der Waals surface area contributed by atoms with Gasteiger partial charge in [0.2, 0.25) is 0 Å². The van der Waals surface area contributed by atoms with Crippen LogP contribution in [-0.2, 0) is 37.5 Å². The number of unbranched alkanes of at least 4 members (excludes halogenated alkanes) is 8. The van der Waals surface area contributed by atoms with Gasteiger partial charge in [0.1, 0.15) is 19.8 Å². The molecule has 0 fully saturated rings. The second-order valence-corrected chi connectivity index (χ2v) is 16.4. The van der Waals surface area contributed by atoms with Gasteiger partial charge >= 0.3 is 11.9 Å². The van der Waals surface area contributed by atoms with Crippen molar-refractivity contribution in [3.8, 4) is 0 Å². The lowest BCUT2D eigenvalue weighted by Crippen LogP contribution is -2.37. The molecular formula is C46H76NO9P. The summed E-state index contributed by atoms with van der Waals surface area (Å²) >= 11 is 0. The van der Waals surface area contributed by atoms with Crippen molar-refractivity contribution in [2.24, 2.45) is 0 Å². The predicted molar refractivity (Wildman–Crippen MR) is 231 cm³/mol. The Balaban J connectivity index is 4.57.